The molecule has 0 bridgehead atoms. The molecule has 0 saturated heterocycles. The zero-order chi connectivity index (χ0) is 17.6. The molecule has 0 amide bonds. The smallest absolute Gasteiger partial charge is 0.213 e. The molecule has 126 valence electrons. The minimum Gasteiger partial charge on any atom is -0.443 e. The van der Waals surface area contributed by atoms with Gasteiger partial charge in [0.05, 0.1) is 24.4 Å². The lowest BCUT2D eigenvalue weighted by Crippen LogP contribution is -2.36. The molecular weight excluding hydrogens is 302 g/mol. The average Bonchev–Trinajstić information content (AvgIpc) is 3.04. The predicted molar refractivity (Wildman–Crippen MR) is 93.4 cm³/mol. The molecule has 0 fully saturated rings. The van der Waals surface area contributed by atoms with Gasteiger partial charge >= 0.3 is 0 Å². The molecule has 1 heterocycles. The minimum atomic E-state index is -0.0586. The van der Waals surface area contributed by atoms with Crippen molar-refractivity contribution in [3.05, 3.63) is 53.2 Å². The Kier molecular flexibility index (Phi) is 5.59. The second-order valence-corrected chi connectivity index (χ2v) is 6.46. The van der Waals surface area contributed by atoms with Gasteiger partial charge in [0.25, 0.3) is 0 Å². The molecule has 1 aromatic carbocycles. The lowest BCUT2D eigenvalue weighted by molar-refractivity contribution is 0.379. The molecule has 1 aromatic heterocycles. The number of hydrogen-bond acceptors (Lipinski definition) is 4. The summed E-state index contributed by atoms with van der Waals surface area (Å²) in [6, 6.07) is 9.60. The maximum Gasteiger partial charge on any atom is 0.213 e. The molecule has 0 aliphatic heterocycles. The second kappa shape index (κ2) is 7.64. The Bertz CT molecular complexity index is 749. The van der Waals surface area contributed by atoms with Gasteiger partial charge in [0, 0.05) is 19.0 Å². The third kappa shape index (κ3) is 4.85. The fraction of sp³-hybridized carbons (Fsp3) is 0.389. The third-order valence-electron chi connectivity index (χ3n) is 3.44. The summed E-state index contributed by atoms with van der Waals surface area (Å²) in [7, 11) is 1.71. The quantitative estimate of drug-likeness (QED) is 0.667. The van der Waals surface area contributed by atoms with Crippen LogP contribution in [-0.4, -0.2) is 18.0 Å². The molecule has 0 aliphatic carbocycles. The molecule has 0 atom stereocenters. The van der Waals surface area contributed by atoms with E-state index in [1.54, 1.807) is 19.3 Å². The fourth-order valence-electron chi connectivity index (χ4n) is 2.06. The summed E-state index contributed by atoms with van der Waals surface area (Å²) in [6.07, 6.45) is 1.76. The summed E-state index contributed by atoms with van der Waals surface area (Å²) in [4.78, 5) is 8.46. The fourth-order valence-corrected chi connectivity index (χ4v) is 2.06. The number of nitrogens with one attached hydrogen (secondary N) is 2. The minimum absolute atomic E-state index is 0.0586. The SMILES string of the molecule is CN=C(NCc1cccc(C#N)c1)NCc1ncc(C(C)(C)C)o1. The van der Waals surface area contributed by atoms with Gasteiger partial charge in [0.1, 0.15) is 5.76 Å². The molecule has 6 nitrogen and oxygen atoms in total. The molecule has 6 heteroatoms. The Balaban J connectivity index is 1.89. The van der Waals surface area contributed by atoms with E-state index in [1.807, 2.05) is 18.2 Å². The number of rotatable bonds is 4. The first kappa shape index (κ1) is 17.5. The second-order valence-electron chi connectivity index (χ2n) is 6.46. The van der Waals surface area contributed by atoms with Crippen LogP contribution in [0.15, 0.2) is 39.9 Å². The van der Waals surface area contributed by atoms with E-state index in [9.17, 15) is 0 Å². The first-order valence-electron chi connectivity index (χ1n) is 7.81. The van der Waals surface area contributed by atoms with Crippen LogP contribution in [0.5, 0.6) is 0 Å². The highest BCUT2D eigenvalue weighted by Gasteiger charge is 2.19. The van der Waals surface area contributed by atoms with Crippen molar-refractivity contribution in [2.24, 2.45) is 4.99 Å². The molecule has 24 heavy (non-hydrogen) atoms. The molecule has 0 spiro atoms. The van der Waals surface area contributed by atoms with Crippen LogP contribution in [0.4, 0.5) is 0 Å². The Morgan fingerprint density at radius 3 is 2.67 bits per heavy atom. The van der Waals surface area contributed by atoms with E-state index < -0.39 is 0 Å². The van der Waals surface area contributed by atoms with Crippen molar-refractivity contribution in [3.8, 4) is 6.07 Å². The van der Waals surface area contributed by atoms with Gasteiger partial charge < -0.3 is 15.1 Å². The monoisotopic (exact) mass is 325 g/mol. The zero-order valence-corrected chi connectivity index (χ0v) is 14.6. The van der Waals surface area contributed by atoms with Crippen molar-refractivity contribution in [2.75, 3.05) is 7.05 Å². The normalized spacial score (nSPS) is 11.9. The van der Waals surface area contributed by atoms with Crippen LogP contribution in [0.2, 0.25) is 0 Å². The van der Waals surface area contributed by atoms with Crippen molar-refractivity contribution in [3.63, 3.8) is 0 Å². The summed E-state index contributed by atoms with van der Waals surface area (Å²) in [5, 5.41) is 15.3. The number of nitriles is 1. The zero-order valence-electron chi connectivity index (χ0n) is 14.6. The molecule has 0 saturated carbocycles. The Labute approximate surface area is 142 Å². The maximum absolute atomic E-state index is 8.93. The number of aromatic nitrogens is 1. The van der Waals surface area contributed by atoms with E-state index in [2.05, 4.69) is 47.5 Å². The lowest BCUT2D eigenvalue weighted by atomic mass is 9.94. The van der Waals surface area contributed by atoms with Gasteiger partial charge in [-0.2, -0.15) is 5.26 Å². The van der Waals surface area contributed by atoms with Crippen molar-refractivity contribution in [2.45, 2.75) is 39.3 Å². The predicted octanol–water partition coefficient (Wildman–Crippen LogP) is 2.71. The van der Waals surface area contributed by atoms with E-state index in [4.69, 9.17) is 9.68 Å². The van der Waals surface area contributed by atoms with Crippen LogP contribution in [0.1, 0.15) is 43.5 Å². The molecule has 0 aliphatic rings. The van der Waals surface area contributed by atoms with E-state index in [0.29, 0.717) is 30.5 Å². The summed E-state index contributed by atoms with van der Waals surface area (Å²) < 4.78 is 5.74. The van der Waals surface area contributed by atoms with Crippen molar-refractivity contribution in [1.29, 1.82) is 5.26 Å². The highest BCUT2D eigenvalue weighted by Crippen LogP contribution is 2.22. The van der Waals surface area contributed by atoms with Gasteiger partial charge in [-0.05, 0) is 17.7 Å². The van der Waals surface area contributed by atoms with E-state index in [-0.39, 0.29) is 5.41 Å². The summed E-state index contributed by atoms with van der Waals surface area (Å²) in [5.74, 6) is 2.12. The van der Waals surface area contributed by atoms with Crippen LogP contribution in [0, 0.1) is 11.3 Å². The Morgan fingerprint density at radius 2 is 2.04 bits per heavy atom. The van der Waals surface area contributed by atoms with Crippen LogP contribution >= 0.6 is 0 Å². The molecule has 2 rings (SSSR count). The number of nitrogens with zero attached hydrogens (tertiary/aromatic N) is 3. The van der Waals surface area contributed by atoms with Gasteiger partial charge in [-0.3, -0.25) is 4.99 Å². The summed E-state index contributed by atoms with van der Waals surface area (Å²) >= 11 is 0. The molecular formula is C18H23N5O. The topological polar surface area (TPSA) is 86.2 Å². The van der Waals surface area contributed by atoms with Gasteiger partial charge in [0.2, 0.25) is 5.89 Å². The van der Waals surface area contributed by atoms with E-state index in [0.717, 1.165) is 11.3 Å². The first-order chi connectivity index (χ1) is 11.4. The summed E-state index contributed by atoms with van der Waals surface area (Å²) in [6.45, 7) is 7.28. The lowest BCUT2D eigenvalue weighted by Gasteiger charge is -2.13. The first-order valence-corrected chi connectivity index (χ1v) is 7.81. The average molecular weight is 325 g/mol. The molecule has 0 unspecified atom stereocenters. The van der Waals surface area contributed by atoms with Gasteiger partial charge in [-0.15, -0.1) is 0 Å². The summed E-state index contributed by atoms with van der Waals surface area (Å²) in [5.41, 5.74) is 1.60. The largest absolute Gasteiger partial charge is 0.443 e. The highest BCUT2D eigenvalue weighted by atomic mass is 16.4. The van der Waals surface area contributed by atoms with Crippen molar-refractivity contribution < 1.29 is 4.42 Å². The van der Waals surface area contributed by atoms with Gasteiger partial charge in [-0.25, -0.2) is 4.98 Å². The standard InChI is InChI=1S/C18H23N5O/c1-18(2,3)15-11-21-16(24-15)12-23-17(20-4)22-10-14-7-5-6-13(8-14)9-19/h5-8,11H,10,12H2,1-4H3,(H2,20,22,23). The van der Waals surface area contributed by atoms with Crippen LogP contribution < -0.4 is 10.6 Å². The molecule has 2 N–H and O–H groups in total. The van der Waals surface area contributed by atoms with Crippen molar-refractivity contribution in [1.82, 2.24) is 15.6 Å². The number of aliphatic imine (C=N–C) groups is 1. The Morgan fingerprint density at radius 1 is 1.29 bits per heavy atom. The van der Waals surface area contributed by atoms with Crippen LogP contribution in [0.3, 0.4) is 0 Å². The maximum atomic E-state index is 8.93. The molecule has 0 radical (unpaired) electrons. The third-order valence-corrected chi connectivity index (χ3v) is 3.44. The van der Waals surface area contributed by atoms with E-state index >= 15 is 0 Å². The number of guanidine groups is 1. The van der Waals surface area contributed by atoms with Crippen molar-refractivity contribution >= 4 is 5.96 Å². The van der Waals surface area contributed by atoms with Crippen LogP contribution in [-0.2, 0) is 18.5 Å². The van der Waals surface area contributed by atoms with Gasteiger partial charge in [-0.1, -0.05) is 32.9 Å². The number of oxazole rings is 1. The highest BCUT2D eigenvalue weighted by molar-refractivity contribution is 5.79. The number of hydrogen-bond donors (Lipinski definition) is 2. The molecule has 2 aromatic rings. The van der Waals surface area contributed by atoms with Gasteiger partial charge in [0.15, 0.2) is 5.96 Å². The Hall–Kier alpha value is -2.81. The van der Waals surface area contributed by atoms with E-state index in [1.165, 1.54) is 0 Å². The van der Waals surface area contributed by atoms with Crippen LogP contribution in [0.25, 0.3) is 0 Å². The number of benzene rings is 1.